The zero-order chi connectivity index (χ0) is 12.9. The van der Waals surface area contributed by atoms with Gasteiger partial charge in [0.1, 0.15) is 0 Å². The summed E-state index contributed by atoms with van der Waals surface area (Å²) in [7, 11) is -3.52. The molecule has 1 aromatic rings. The van der Waals surface area contributed by atoms with Crippen LogP contribution in [-0.2, 0) is 14.6 Å². The first-order valence-electron chi connectivity index (χ1n) is 5.12. The van der Waals surface area contributed by atoms with Crippen molar-refractivity contribution >= 4 is 15.8 Å². The Morgan fingerprint density at radius 1 is 1.41 bits per heavy atom. The normalized spacial score (nSPS) is 10.9. The largest absolute Gasteiger partial charge is 0.462 e. The lowest BCUT2D eigenvalue weighted by molar-refractivity contribution is 0.0522. The molecule has 0 aliphatic rings. The number of hydrogen-bond donors (Lipinski definition) is 0. The van der Waals surface area contributed by atoms with Gasteiger partial charge in [-0.05, 0) is 19.1 Å². The lowest BCUT2D eigenvalue weighted by Gasteiger charge is -2.08. The molecule has 0 heterocycles. The fourth-order valence-electron chi connectivity index (χ4n) is 1.36. The molecule has 0 saturated heterocycles. The first-order valence-corrected chi connectivity index (χ1v) is 6.78. The van der Waals surface area contributed by atoms with E-state index in [-0.39, 0.29) is 22.8 Å². The average Bonchev–Trinajstić information content (AvgIpc) is 2.29. The number of hydrogen-bond acceptors (Lipinski definition) is 4. The monoisotopic (exact) mass is 254 g/mol. The van der Waals surface area contributed by atoms with Gasteiger partial charge in [0.05, 0.1) is 22.8 Å². The molecule has 0 fully saturated rings. The van der Waals surface area contributed by atoms with Crippen molar-refractivity contribution in [2.45, 2.75) is 11.8 Å². The number of rotatable bonds is 5. The van der Waals surface area contributed by atoms with Crippen molar-refractivity contribution in [3.8, 4) is 0 Å². The van der Waals surface area contributed by atoms with E-state index in [1.165, 1.54) is 18.2 Å². The van der Waals surface area contributed by atoms with E-state index in [4.69, 9.17) is 4.74 Å². The van der Waals surface area contributed by atoms with Gasteiger partial charge in [-0.3, -0.25) is 0 Å². The number of ether oxygens (including phenoxy) is 1. The molecular weight excluding hydrogens is 240 g/mol. The molecule has 0 amide bonds. The van der Waals surface area contributed by atoms with E-state index in [1.807, 2.05) is 0 Å². The van der Waals surface area contributed by atoms with E-state index >= 15 is 0 Å². The molecule has 0 aliphatic heterocycles. The minimum absolute atomic E-state index is 0.0154. The van der Waals surface area contributed by atoms with Crippen molar-refractivity contribution < 1.29 is 17.9 Å². The Bertz CT molecular complexity index is 517. The van der Waals surface area contributed by atoms with Crippen LogP contribution in [0.1, 0.15) is 17.3 Å². The summed E-state index contributed by atoms with van der Waals surface area (Å²) in [6.45, 7) is 5.26. The summed E-state index contributed by atoms with van der Waals surface area (Å²) in [5.74, 6) is -0.834. The molecular formula is C12H14O4S. The van der Waals surface area contributed by atoms with Crippen molar-refractivity contribution in [3.63, 3.8) is 0 Å². The summed E-state index contributed by atoms with van der Waals surface area (Å²) in [5.41, 5.74) is 0.0659. The molecule has 0 saturated carbocycles. The maximum Gasteiger partial charge on any atom is 0.339 e. The van der Waals surface area contributed by atoms with E-state index in [0.29, 0.717) is 0 Å². The SMILES string of the molecule is C=CCS(=O)(=O)c1ccccc1C(=O)OCC. The molecule has 0 aliphatic carbocycles. The molecule has 0 radical (unpaired) electrons. The van der Waals surface area contributed by atoms with Crippen LogP contribution in [0.25, 0.3) is 0 Å². The Morgan fingerprint density at radius 2 is 2.06 bits per heavy atom. The molecule has 1 rings (SSSR count). The number of esters is 1. The van der Waals surface area contributed by atoms with Gasteiger partial charge in [0.15, 0.2) is 9.84 Å². The van der Waals surface area contributed by atoms with E-state index in [2.05, 4.69) is 6.58 Å². The van der Waals surface area contributed by atoms with Gasteiger partial charge in [-0.25, -0.2) is 13.2 Å². The minimum atomic E-state index is -3.52. The smallest absolute Gasteiger partial charge is 0.339 e. The second-order valence-corrected chi connectivity index (χ2v) is 5.29. The van der Waals surface area contributed by atoms with Gasteiger partial charge in [-0.15, -0.1) is 6.58 Å². The third kappa shape index (κ3) is 3.17. The van der Waals surface area contributed by atoms with E-state index < -0.39 is 15.8 Å². The van der Waals surface area contributed by atoms with Gasteiger partial charge in [0.25, 0.3) is 0 Å². The molecule has 17 heavy (non-hydrogen) atoms. The summed E-state index contributed by atoms with van der Waals surface area (Å²) in [5, 5.41) is 0. The summed E-state index contributed by atoms with van der Waals surface area (Å²) >= 11 is 0. The van der Waals surface area contributed by atoms with Crippen LogP contribution in [0, 0.1) is 0 Å². The van der Waals surface area contributed by atoms with Crippen LogP contribution in [0.15, 0.2) is 41.8 Å². The van der Waals surface area contributed by atoms with Crippen LogP contribution in [0.4, 0.5) is 0 Å². The van der Waals surface area contributed by atoms with E-state index in [0.717, 1.165) is 0 Å². The highest BCUT2D eigenvalue weighted by atomic mass is 32.2. The minimum Gasteiger partial charge on any atom is -0.462 e. The average molecular weight is 254 g/mol. The maximum atomic E-state index is 11.9. The molecule has 1 aromatic carbocycles. The highest BCUT2D eigenvalue weighted by molar-refractivity contribution is 7.91. The quantitative estimate of drug-likeness (QED) is 0.594. The van der Waals surface area contributed by atoms with Gasteiger partial charge >= 0.3 is 5.97 Å². The molecule has 0 atom stereocenters. The molecule has 5 heteroatoms. The topological polar surface area (TPSA) is 60.4 Å². The Kier molecular flexibility index (Phi) is 4.45. The molecule has 0 unspecified atom stereocenters. The molecule has 0 spiro atoms. The first kappa shape index (κ1) is 13.4. The Balaban J connectivity index is 3.26. The second-order valence-electron chi connectivity index (χ2n) is 3.29. The highest BCUT2D eigenvalue weighted by Crippen LogP contribution is 2.18. The highest BCUT2D eigenvalue weighted by Gasteiger charge is 2.21. The van der Waals surface area contributed by atoms with E-state index in [9.17, 15) is 13.2 Å². The zero-order valence-corrected chi connectivity index (χ0v) is 10.4. The third-order valence-corrected chi connectivity index (χ3v) is 3.76. The molecule has 92 valence electrons. The van der Waals surface area contributed by atoms with Crippen molar-refractivity contribution in [2.24, 2.45) is 0 Å². The Morgan fingerprint density at radius 3 is 2.65 bits per heavy atom. The standard InChI is InChI=1S/C12H14O4S/c1-3-9-17(14,15)11-8-6-5-7-10(11)12(13)16-4-2/h3,5-8H,1,4,9H2,2H3. The van der Waals surface area contributed by atoms with Crippen LogP contribution in [0.3, 0.4) is 0 Å². The van der Waals surface area contributed by atoms with Crippen molar-refractivity contribution in [3.05, 3.63) is 42.5 Å². The fraction of sp³-hybridized carbons (Fsp3) is 0.250. The third-order valence-electron chi connectivity index (χ3n) is 2.05. The van der Waals surface area contributed by atoms with Crippen LogP contribution in [0.5, 0.6) is 0 Å². The van der Waals surface area contributed by atoms with Gasteiger partial charge < -0.3 is 4.74 Å². The zero-order valence-electron chi connectivity index (χ0n) is 9.55. The molecule has 0 bridgehead atoms. The maximum absolute atomic E-state index is 11.9. The Hall–Kier alpha value is -1.62. The number of carbonyl (C=O) groups excluding carboxylic acids is 1. The predicted molar refractivity (Wildman–Crippen MR) is 64.6 cm³/mol. The van der Waals surface area contributed by atoms with Crippen molar-refractivity contribution in [1.29, 1.82) is 0 Å². The van der Waals surface area contributed by atoms with Gasteiger partial charge in [-0.1, -0.05) is 18.2 Å². The van der Waals surface area contributed by atoms with Crippen LogP contribution in [0.2, 0.25) is 0 Å². The second kappa shape index (κ2) is 5.63. The van der Waals surface area contributed by atoms with Crippen LogP contribution < -0.4 is 0 Å². The summed E-state index contributed by atoms with van der Waals surface area (Å²) in [6, 6.07) is 6.00. The van der Waals surface area contributed by atoms with Crippen molar-refractivity contribution in [1.82, 2.24) is 0 Å². The molecule has 4 nitrogen and oxygen atoms in total. The summed E-state index contributed by atoms with van der Waals surface area (Å²) in [6.07, 6.45) is 1.29. The van der Waals surface area contributed by atoms with Gasteiger partial charge in [-0.2, -0.15) is 0 Å². The van der Waals surface area contributed by atoms with Gasteiger partial charge in [0.2, 0.25) is 0 Å². The predicted octanol–water partition coefficient (Wildman–Crippen LogP) is 1.82. The number of carbonyl (C=O) groups is 1. The molecule has 0 N–H and O–H groups in total. The summed E-state index contributed by atoms with van der Waals surface area (Å²) < 4.78 is 28.6. The lowest BCUT2D eigenvalue weighted by atomic mass is 10.2. The lowest BCUT2D eigenvalue weighted by Crippen LogP contribution is -2.13. The number of benzene rings is 1. The number of sulfone groups is 1. The fourth-order valence-corrected chi connectivity index (χ4v) is 2.62. The Labute approximate surface area is 101 Å². The van der Waals surface area contributed by atoms with Crippen LogP contribution >= 0.6 is 0 Å². The summed E-state index contributed by atoms with van der Waals surface area (Å²) in [4.78, 5) is 11.6. The first-order chi connectivity index (χ1) is 8.03. The molecule has 0 aromatic heterocycles. The van der Waals surface area contributed by atoms with Gasteiger partial charge in [0, 0.05) is 0 Å². The van der Waals surface area contributed by atoms with Crippen molar-refractivity contribution in [2.75, 3.05) is 12.4 Å². The van der Waals surface area contributed by atoms with Crippen LogP contribution in [-0.4, -0.2) is 26.7 Å². The van der Waals surface area contributed by atoms with E-state index in [1.54, 1.807) is 19.1 Å².